The van der Waals surface area contributed by atoms with Crippen molar-refractivity contribution in [2.45, 2.75) is 58.4 Å². The Labute approximate surface area is 105 Å². The summed E-state index contributed by atoms with van der Waals surface area (Å²) in [5, 5.41) is 6.57. The number of carbonyl (C=O) groups is 1. The molecule has 0 spiro atoms. The van der Waals surface area contributed by atoms with E-state index in [4.69, 9.17) is 0 Å². The molecule has 0 unspecified atom stereocenters. The van der Waals surface area contributed by atoms with Gasteiger partial charge >= 0.3 is 0 Å². The molecule has 17 heavy (non-hydrogen) atoms. The summed E-state index contributed by atoms with van der Waals surface area (Å²) in [6, 6.07) is 0.368. The maximum absolute atomic E-state index is 12.5. The van der Waals surface area contributed by atoms with E-state index >= 15 is 0 Å². The van der Waals surface area contributed by atoms with Crippen LogP contribution >= 0.6 is 0 Å². The van der Waals surface area contributed by atoms with Crippen LogP contribution in [0.5, 0.6) is 0 Å². The Kier molecular flexibility index (Phi) is 4.08. The molecule has 0 aromatic rings. The van der Waals surface area contributed by atoms with Crippen molar-refractivity contribution in [3.05, 3.63) is 0 Å². The predicted octanol–water partition coefficient (Wildman–Crippen LogP) is 2.07. The van der Waals surface area contributed by atoms with Crippen LogP contribution in [0.1, 0.15) is 52.4 Å². The fourth-order valence-electron chi connectivity index (χ4n) is 3.47. The van der Waals surface area contributed by atoms with Crippen molar-refractivity contribution in [2.75, 3.05) is 13.1 Å². The quantitative estimate of drug-likeness (QED) is 0.787. The Balaban J connectivity index is 1.97. The first-order valence-corrected chi connectivity index (χ1v) is 7.14. The molecule has 2 fully saturated rings. The first-order valence-electron chi connectivity index (χ1n) is 7.14. The Morgan fingerprint density at radius 3 is 2.65 bits per heavy atom. The van der Waals surface area contributed by atoms with E-state index in [1.807, 2.05) is 0 Å². The summed E-state index contributed by atoms with van der Waals surface area (Å²) in [6.45, 7) is 6.45. The molecule has 2 N–H and O–H groups in total. The van der Waals surface area contributed by atoms with Gasteiger partial charge in [0.15, 0.2) is 0 Å². The van der Waals surface area contributed by atoms with Crippen LogP contribution in [0.3, 0.4) is 0 Å². The first kappa shape index (κ1) is 12.9. The Bertz CT molecular complexity index is 263. The van der Waals surface area contributed by atoms with E-state index < -0.39 is 0 Å². The fraction of sp³-hybridized carbons (Fsp3) is 0.929. The number of carbonyl (C=O) groups excluding carboxylic acids is 1. The predicted molar refractivity (Wildman–Crippen MR) is 69.8 cm³/mol. The smallest absolute Gasteiger partial charge is 0.226 e. The Morgan fingerprint density at radius 2 is 2.12 bits per heavy atom. The molecule has 1 aliphatic heterocycles. The zero-order valence-electron chi connectivity index (χ0n) is 11.2. The summed E-state index contributed by atoms with van der Waals surface area (Å²) in [4.78, 5) is 12.5. The van der Waals surface area contributed by atoms with Crippen LogP contribution in [-0.4, -0.2) is 25.0 Å². The van der Waals surface area contributed by atoms with Gasteiger partial charge in [-0.2, -0.15) is 0 Å². The Morgan fingerprint density at radius 1 is 1.41 bits per heavy atom. The molecule has 0 aromatic carbocycles. The van der Waals surface area contributed by atoms with Gasteiger partial charge in [0.25, 0.3) is 0 Å². The standard InChI is InChI=1S/C14H26N2O/c1-11(2)9-14(6-3-4-7-14)13(17)16-12-5-8-15-10-12/h11-12,15H,3-10H2,1-2H3,(H,16,17)/t12-/m0/s1. The van der Waals surface area contributed by atoms with Gasteiger partial charge in [-0.1, -0.05) is 26.7 Å². The Hall–Kier alpha value is -0.570. The number of hydrogen-bond acceptors (Lipinski definition) is 2. The van der Waals surface area contributed by atoms with Crippen molar-refractivity contribution < 1.29 is 4.79 Å². The van der Waals surface area contributed by atoms with Crippen LogP contribution < -0.4 is 10.6 Å². The number of hydrogen-bond donors (Lipinski definition) is 2. The second-order valence-electron chi connectivity index (χ2n) is 6.25. The minimum Gasteiger partial charge on any atom is -0.352 e. The number of amides is 1. The molecule has 1 aliphatic carbocycles. The van der Waals surface area contributed by atoms with Gasteiger partial charge in [0.05, 0.1) is 0 Å². The summed E-state index contributed by atoms with van der Waals surface area (Å²) in [7, 11) is 0. The first-order chi connectivity index (χ1) is 8.12. The van der Waals surface area contributed by atoms with Crippen LogP contribution in [0.15, 0.2) is 0 Å². The van der Waals surface area contributed by atoms with Crippen LogP contribution in [-0.2, 0) is 4.79 Å². The van der Waals surface area contributed by atoms with Gasteiger partial charge in [0, 0.05) is 18.0 Å². The summed E-state index contributed by atoms with van der Waals surface area (Å²) < 4.78 is 0. The van der Waals surface area contributed by atoms with Crippen LogP contribution in [0.2, 0.25) is 0 Å². The van der Waals surface area contributed by atoms with E-state index in [1.165, 1.54) is 12.8 Å². The summed E-state index contributed by atoms with van der Waals surface area (Å²) >= 11 is 0. The molecular weight excluding hydrogens is 212 g/mol. The highest BCUT2D eigenvalue weighted by Crippen LogP contribution is 2.43. The maximum Gasteiger partial charge on any atom is 0.226 e. The molecule has 1 amide bonds. The second kappa shape index (κ2) is 5.38. The van der Waals surface area contributed by atoms with E-state index in [0.29, 0.717) is 17.9 Å². The average Bonchev–Trinajstić information content (AvgIpc) is 2.88. The maximum atomic E-state index is 12.5. The van der Waals surface area contributed by atoms with E-state index in [-0.39, 0.29) is 5.41 Å². The van der Waals surface area contributed by atoms with Gasteiger partial charge < -0.3 is 10.6 Å². The molecule has 2 aliphatic rings. The molecule has 1 atom stereocenters. The van der Waals surface area contributed by atoms with Crippen LogP contribution in [0.4, 0.5) is 0 Å². The lowest BCUT2D eigenvalue weighted by Gasteiger charge is -2.30. The third-order valence-electron chi connectivity index (χ3n) is 4.24. The van der Waals surface area contributed by atoms with Gasteiger partial charge in [0.1, 0.15) is 0 Å². The highest BCUT2D eigenvalue weighted by molar-refractivity contribution is 5.83. The zero-order valence-corrected chi connectivity index (χ0v) is 11.2. The summed E-state index contributed by atoms with van der Waals surface area (Å²) in [6.07, 6.45) is 6.78. The zero-order chi connectivity index (χ0) is 12.3. The van der Waals surface area contributed by atoms with Gasteiger partial charge in [-0.3, -0.25) is 4.79 Å². The molecule has 3 nitrogen and oxygen atoms in total. The van der Waals surface area contributed by atoms with Gasteiger partial charge in [-0.15, -0.1) is 0 Å². The lowest BCUT2D eigenvalue weighted by atomic mass is 9.77. The van der Waals surface area contributed by atoms with Crippen molar-refractivity contribution in [2.24, 2.45) is 11.3 Å². The van der Waals surface area contributed by atoms with Gasteiger partial charge in [0.2, 0.25) is 5.91 Å². The van der Waals surface area contributed by atoms with Crippen LogP contribution in [0.25, 0.3) is 0 Å². The normalized spacial score (nSPS) is 27.6. The lowest BCUT2D eigenvalue weighted by molar-refractivity contribution is -0.132. The molecule has 2 rings (SSSR count). The van der Waals surface area contributed by atoms with Crippen molar-refractivity contribution in [3.63, 3.8) is 0 Å². The fourth-order valence-corrected chi connectivity index (χ4v) is 3.47. The molecule has 1 saturated carbocycles. The van der Waals surface area contributed by atoms with E-state index in [2.05, 4.69) is 24.5 Å². The highest BCUT2D eigenvalue weighted by Gasteiger charge is 2.41. The molecule has 0 bridgehead atoms. The molecule has 98 valence electrons. The van der Waals surface area contributed by atoms with Crippen molar-refractivity contribution in [3.8, 4) is 0 Å². The summed E-state index contributed by atoms with van der Waals surface area (Å²) in [5.74, 6) is 0.943. The minimum absolute atomic E-state index is 0.0449. The SMILES string of the molecule is CC(C)CC1(C(=O)N[C@H]2CCNC2)CCCC1. The molecular formula is C14H26N2O. The summed E-state index contributed by atoms with van der Waals surface area (Å²) in [5.41, 5.74) is -0.0449. The molecule has 0 aromatic heterocycles. The van der Waals surface area contributed by atoms with Crippen LogP contribution in [0, 0.1) is 11.3 Å². The molecule has 3 heteroatoms. The van der Waals surface area contributed by atoms with Crippen molar-refractivity contribution in [1.82, 2.24) is 10.6 Å². The highest BCUT2D eigenvalue weighted by atomic mass is 16.2. The van der Waals surface area contributed by atoms with E-state index in [9.17, 15) is 4.79 Å². The third kappa shape index (κ3) is 3.01. The average molecular weight is 238 g/mol. The van der Waals surface area contributed by atoms with E-state index in [1.54, 1.807) is 0 Å². The van der Waals surface area contributed by atoms with Gasteiger partial charge in [-0.25, -0.2) is 0 Å². The molecule has 1 heterocycles. The molecule has 1 saturated heterocycles. The number of nitrogens with one attached hydrogen (secondary N) is 2. The third-order valence-corrected chi connectivity index (χ3v) is 4.24. The van der Waals surface area contributed by atoms with Crippen molar-refractivity contribution in [1.29, 1.82) is 0 Å². The topological polar surface area (TPSA) is 41.1 Å². The lowest BCUT2D eigenvalue weighted by Crippen LogP contribution is -2.45. The van der Waals surface area contributed by atoms with Crippen molar-refractivity contribution >= 4 is 5.91 Å². The molecule has 0 radical (unpaired) electrons. The minimum atomic E-state index is -0.0449. The largest absolute Gasteiger partial charge is 0.352 e. The van der Waals surface area contributed by atoms with Gasteiger partial charge in [-0.05, 0) is 38.1 Å². The monoisotopic (exact) mass is 238 g/mol. The van der Waals surface area contributed by atoms with E-state index in [0.717, 1.165) is 38.8 Å². The number of rotatable bonds is 4. The second-order valence-corrected chi connectivity index (χ2v) is 6.25.